The number of nitrogens with zero attached hydrogens (tertiary/aromatic N) is 1. The molecule has 0 aromatic carbocycles. The molecule has 0 radical (unpaired) electrons. The normalized spacial score (nSPS) is 33.7. The van der Waals surface area contributed by atoms with Crippen molar-refractivity contribution in [3.8, 4) is 0 Å². The van der Waals surface area contributed by atoms with Crippen LogP contribution >= 0.6 is 0 Å². The van der Waals surface area contributed by atoms with E-state index in [9.17, 15) is 0 Å². The summed E-state index contributed by atoms with van der Waals surface area (Å²) in [5, 5.41) is 0. The summed E-state index contributed by atoms with van der Waals surface area (Å²) in [5.74, 6) is 2.56. The van der Waals surface area contributed by atoms with Crippen LogP contribution in [-0.2, 0) is 0 Å². The molecule has 0 aromatic rings. The van der Waals surface area contributed by atoms with Crippen LogP contribution in [0.2, 0.25) is 0 Å². The lowest BCUT2D eigenvalue weighted by Gasteiger charge is -2.47. The van der Waals surface area contributed by atoms with Gasteiger partial charge in [0, 0.05) is 25.2 Å². The van der Waals surface area contributed by atoms with Crippen molar-refractivity contribution in [3.05, 3.63) is 0 Å². The van der Waals surface area contributed by atoms with Gasteiger partial charge in [-0.25, -0.2) is 0 Å². The first-order chi connectivity index (χ1) is 8.11. The Morgan fingerprint density at radius 3 is 2.35 bits per heavy atom. The van der Waals surface area contributed by atoms with Crippen molar-refractivity contribution < 1.29 is 0 Å². The minimum absolute atomic E-state index is 0.408. The third-order valence-corrected chi connectivity index (χ3v) is 5.07. The summed E-state index contributed by atoms with van der Waals surface area (Å²) in [6, 6.07) is 1.22. The van der Waals surface area contributed by atoms with Crippen LogP contribution in [0.1, 0.15) is 52.9 Å². The molecule has 1 heterocycles. The van der Waals surface area contributed by atoms with E-state index in [1.807, 2.05) is 0 Å². The first kappa shape index (κ1) is 13.4. The summed E-state index contributed by atoms with van der Waals surface area (Å²) in [4.78, 5) is 2.72. The lowest BCUT2D eigenvalue weighted by atomic mass is 9.76. The van der Waals surface area contributed by atoms with E-state index in [-0.39, 0.29) is 0 Å². The number of piperidine rings is 1. The number of nitrogens with two attached hydrogens (primary N) is 1. The van der Waals surface area contributed by atoms with E-state index < -0.39 is 0 Å². The van der Waals surface area contributed by atoms with Crippen LogP contribution in [0.5, 0.6) is 0 Å². The smallest absolute Gasteiger partial charge is 0.0171 e. The Morgan fingerprint density at radius 1 is 1.18 bits per heavy atom. The molecule has 100 valence electrons. The molecule has 2 aliphatic rings. The zero-order chi connectivity index (χ0) is 12.4. The second-order valence-electron chi connectivity index (χ2n) is 6.62. The molecule has 0 bridgehead atoms. The molecule has 2 heteroatoms. The number of hydrogen-bond acceptors (Lipinski definition) is 2. The lowest BCUT2D eigenvalue weighted by Crippen LogP contribution is -2.54. The summed E-state index contributed by atoms with van der Waals surface area (Å²) < 4.78 is 0. The second-order valence-corrected chi connectivity index (χ2v) is 6.62. The maximum Gasteiger partial charge on any atom is 0.0171 e. The van der Waals surface area contributed by atoms with Gasteiger partial charge in [0.25, 0.3) is 0 Å². The van der Waals surface area contributed by atoms with E-state index in [1.165, 1.54) is 38.6 Å². The molecule has 2 rings (SSSR count). The summed E-state index contributed by atoms with van der Waals surface area (Å²) in [6.07, 6.45) is 6.90. The van der Waals surface area contributed by atoms with Crippen LogP contribution < -0.4 is 5.73 Å². The third-order valence-electron chi connectivity index (χ3n) is 5.07. The van der Waals surface area contributed by atoms with Crippen molar-refractivity contribution in [2.75, 3.05) is 13.1 Å². The maximum absolute atomic E-state index is 6.26. The van der Waals surface area contributed by atoms with Crippen LogP contribution in [0, 0.1) is 17.8 Å². The monoisotopic (exact) mass is 238 g/mol. The zero-order valence-corrected chi connectivity index (χ0v) is 11.9. The Hall–Kier alpha value is -0.0800. The van der Waals surface area contributed by atoms with Gasteiger partial charge in [-0.1, -0.05) is 27.2 Å². The van der Waals surface area contributed by atoms with E-state index in [1.54, 1.807) is 0 Å². The van der Waals surface area contributed by atoms with Crippen molar-refractivity contribution in [1.82, 2.24) is 4.90 Å². The fourth-order valence-electron chi connectivity index (χ4n) is 3.68. The average molecular weight is 238 g/mol. The van der Waals surface area contributed by atoms with Gasteiger partial charge in [0.1, 0.15) is 0 Å². The molecule has 3 atom stereocenters. The number of hydrogen-bond donors (Lipinski definition) is 1. The van der Waals surface area contributed by atoms with Gasteiger partial charge in [0.15, 0.2) is 0 Å². The molecule has 0 amide bonds. The summed E-state index contributed by atoms with van der Waals surface area (Å²) >= 11 is 0. The van der Waals surface area contributed by atoms with Gasteiger partial charge in [0.2, 0.25) is 0 Å². The summed E-state index contributed by atoms with van der Waals surface area (Å²) in [5.41, 5.74) is 6.26. The minimum atomic E-state index is 0.408. The quantitative estimate of drug-likeness (QED) is 0.816. The highest BCUT2D eigenvalue weighted by atomic mass is 15.2. The SMILES string of the molecule is CCC(C1CCC1)N1CC(N)CC(C(C)C)C1. The van der Waals surface area contributed by atoms with E-state index in [0.717, 1.165) is 30.3 Å². The molecule has 3 unspecified atom stereocenters. The van der Waals surface area contributed by atoms with Gasteiger partial charge >= 0.3 is 0 Å². The molecule has 0 aromatic heterocycles. The van der Waals surface area contributed by atoms with Crippen molar-refractivity contribution in [2.45, 2.75) is 65.0 Å². The Morgan fingerprint density at radius 2 is 1.88 bits per heavy atom. The van der Waals surface area contributed by atoms with Gasteiger partial charge in [-0.2, -0.15) is 0 Å². The lowest BCUT2D eigenvalue weighted by molar-refractivity contribution is 0.0359. The van der Waals surface area contributed by atoms with Crippen LogP contribution in [0.25, 0.3) is 0 Å². The largest absolute Gasteiger partial charge is 0.327 e. The highest BCUT2D eigenvalue weighted by Crippen LogP contribution is 2.36. The van der Waals surface area contributed by atoms with Gasteiger partial charge in [-0.3, -0.25) is 4.90 Å². The van der Waals surface area contributed by atoms with E-state index >= 15 is 0 Å². The first-order valence-corrected chi connectivity index (χ1v) is 7.61. The summed E-state index contributed by atoms with van der Waals surface area (Å²) in [6.45, 7) is 9.49. The molecule has 2 nitrogen and oxygen atoms in total. The molecule has 2 fully saturated rings. The molecule has 1 saturated heterocycles. The predicted molar refractivity (Wildman–Crippen MR) is 73.9 cm³/mol. The van der Waals surface area contributed by atoms with Crippen molar-refractivity contribution in [3.63, 3.8) is 0 Å². The molecule has 0 spiro atoms. The fraction of sp³-hybridized carbons (Fsp3) is 1.00. The van der Waals surface area contributed by atoms with E-state index in [4.69, 9.17) is 5.73 Å². The van der Waals surface area contributed by atoms with Crippen LogP contribution in [0.15, 0.2) is 0 Å². The van der Waals surface area contributed by atoms with E-state index in [0.29, 0.717) is 6.04 Å². The van der Waals surface area contributed by atoms with Gasteiger partial charge in [-0.15, -0.1) is 0 Å². The molecular formula is C15H30N2. The molecule has 17 heavy (non-hydrogen) atoms. The molecule has 1 aliphatic heterocycles. The summed E-state index contributed by atoms with van der Waals surface area (Å²) in [7, 11) is 0. The number of rotatable bonds is 4. The third kappa shape index (κ3) is 3.03. The van der Waals surface area contributed by atoms with Crippen molar-refractivity contribution in [2.24, 2.45) is 23.5 Å². The number of likely N-dealkylation sites (tertiary alicyclic amines) is 1. The second kappa shape index (κ2) is 5.71. The van der Waals surface area contributed by atoms with Crippen molar-refractivity contribution in [1.29, 1.82) is 0 Å². The molecular weight excluding hydrogens is 208 g/mol. The van der Waals surface area contributed by atoms with Crippen LogP contribution in [0.3, 0.4) is 0 Å². The molecule has 2 N–H and O–H groups in total. The predicted octanol–water partition coefficient (Wildman–Crippen LogP) is 2.87. The van der Waals surface area contributed by atoms with Crippen LogP contribution in [0.4, 0.5) is 0 Å². The standard InChI is InChI=1S/C15H30N2/c1-4-15(12-6-5-7-12)17-9-13(11(2)3)8-14(16)10-17/h11-15H,4-10,16H2,1-3H3. The Bertz CT molecular complexity index is 235. The Labute approximate surface area is 107 Å². The topological polar surface area (TPSA) is 29.3 Å². The van der Waals surface area contributed by atoms with Gasteiger partial charge in [-0.05, 0) is 43.4 Å². The van der Waals surface area contributed by atoms with Crippen LogP contribution in [-0.4, -0.2) is 30.1 Å². The van der Waals surface area contributed by atoms with Crippen molar-refractivity contribution >= 4 is 0 Å². The van der Waals surface area contributed by atoms with Gasteiger partial charge in [0.05, 0.1) is 0 Å². The maximum atomic E-state index is 6.26. The zero-order valence-electron chi connectivity index (χ0n) is 11.9. The highest BCUT2D eigenvalue weighted by Gasteiger charge is 2.35. The fourth-order valence-corrected chi connectivity index (χ4v) is 3.68. The Kier molecular flexibility index (Phi) is 4.48. The van der Waals surface area contributed by atoms with Gasteiger partial charge < -0.3 is 5.73 Å². The molecule has 1 saturated carbocycles. The van der Waals surface area contributed by atoms with E-state index in [2.05, 4.69) is 25.7 Å². The molecule has 1 aliphatic carbocycles. The Balaban J connectivity index is 1.97. The average Bonchev–Trinajstić information content (AvgIpc) is 2.21. The first-order valence-electron chi connectivity index (χ1n) is 7.61. The highest BCUT2D eigenvalue weighted by molar-refractivity contribution is 4.90. The minimum Gasteiger partial charge on any atom is -0.327 e.